The van der Waals surface area contributed by atoms with Crippen LogP contribution in [0, 0.1) is 11.8 Å². The third-order valence-corrected chi connectivity index (χ3v) is 6.98. The van der Waals surface area contributed by atoms with Crippen LogP contribution >= 0.6 is 0 Å². The number of amides is 1. The Labute approximate surface area is 183 Å². The third-order valence-electron chi connectivity index (χ3n) is 6.98. The Bertz CT molecular complexity index is 889. The molecule has 5 nitrogen and oxygen atoms in total. The highest BCUT2D eigenvalue weighted by atomic mass is 16.5. The van der Waals surface area contributed by atoms with Crippen molar-refractivity contribution in [1.29, 1.82) is 0 Å². The maximum atomic E-state index is 12.8. The topological polar surface area (TPSA) is 75.6 Å². The van der Waals surface area contributed by atoms with Gasteiger partial charge < -0.3 is 15.2 Å². The summed E-state index contributed by atoms with van der Waals surface area (Å²) in [6.45, 7) is 2.11. The van der Waals surface area contributed by atoms with Crippen LogP contribution in [0.5, 0.6) is 0 Å². The zero-order valence-corrected chi connectivity index (χ0v) is 18.0. The van der Waals surface area contributed by atoms with Gasteiger partial charge in [0.1, 0.15) is 6.61 Å². The van der Waals surface area contributed by atoms with E-state index in [9.17, 15) is 14.7 Å². The Hall–Kier alpha value is -2.82. The van der Waals surface area contributed by atoms with E-state index in [2.05, 4.69) is 29.6 Å². The molecular formula is C26H31NO4. The minimum Gasteiger partial charge on any atom is -0.481 e. The normalized spacial score (nSPS) is 18.0. The van der Waals surface area contributed by atoms with Crippen molar-refractivity contribution >= 4 is 12.1 Å². The van der Waals surface area contributed by atoms with Crippen LogP contribution in [-0.4, -0.2) is 29.8 Å². The van der Waals surface area contributed by atoms with Crippen LogP contribution in [0.1, 0.15) is 62.5 Å². The lowest BCUT2D eigenvalue weighted by atomic mass is 9.78. The van der Waals surface area contributed by atoms with Crippen LogP contribution in [0.25, 0.3) is 11.1 Å². The van der Waals surface area contributed by atoms with Crippen molar-refractivity contribution in [3.8, 4) is 11.1 Å². The first kappa shape index (κ1) is 21.4. The van der Waals surface area contributed by atoms with E-state index in [-0.39, 0.29) is 18.4 Å². The number of carbonyl (C=O) groups excluding carboxylic acids is 1. The summed E-state index contributed by atoms with van der Waals surface area (Å²) >= 11 is 0. The molecule has 5 heteroatoms. The lowest BCUT2D eigenvalue weighted by Crippen LogP contribution is -2.48. The second kappa shape index (κ2) is 9.54. The van der Waals surface area contributed by atoms with Crippen molar-refractivity contribution in [3.05, 3.63) is 59.7 Å². The molecule has 0 aliphatic heterocycles. The van der Waals surface area contributed by atoms with E-state index < -0.39 is 24.0 Å². The smallest absolute Gasteiger partial charge is 0.407 e. The van der Waals surface area contributed by atoms with Crippen molar-refractivity contribution in [1.82, 2.24) is 5.32 Å². The van der Waals surface area contributed by atoms with Gasteiger partial charge in [-0.05, 0) is 47.4 Å². The first-order valence-corrected chi connectivity index (χ1v) is 11.4. The lowest BCUT2D eigenvalue weighted by Gasteiger charge is -2.34. The first-order valence-electron chi connectivity index (χ1n) is 11.4. The van der Waals surface area contributed by atoms with Gasteiger partial charge in [0, 0.05) is 12.0 Å². The lowest BCUT2D eigenvalue weighted by molar-refractivity contribution is -0.143. The van der Waals surface area contributed by atoms with E-state index in [4.69, 9.17) is 4.74 Å². The molecule has 0 spiro atoms. The summed E-state index contributed by atoms with van der Waals surface area (Å²) in [6.07, 6.45) is 5.24. The molecule has 1 fully saturated rings. The fourth-order valence-corrected chi connectivity index (χ4v) is 5.40. The van der Waals surface area contributed by atoms with Gasteiger partial charge in [-0.1, -0.05) is 74.7 Å². The average Bonchev–Trinajstić information content (AvgIpc) is 3.12. The van der Waals surface area contributed by atoms with E-state index in [0.29, 0.717) is 6.42 Å². The molecule has 1 saturated carbocycles. The summed E-state index contributed by atoms with van der Waals surface area (Å²) < 4.78 is 5.69. The molecule has 2 N–H and O–H groups in total. The number of carboxylic acids is 1. The molecular weight excluding hydrogens is 390 g/mol. The van der Waals surface area contributed by atoms with Gasteiger partial charge in [-0.3, -0.25) is 4.79 Å². The molecule has 1 amide bonds. The number of fused-ring (bicyclic) bond motifs is 3. The van der Waals surface area contributed by atoms with Gasteiger partial charge in [0.25, 0.3) is 0 Å². The van der Waals surface area contributed by atoms with Crippen LogP contribution in [0.3, 0.4) is 0 Å². The molecule has 0 bridgehead atoms. The monoisotopic (exact) mass is 421 g/mol. The van der Waals surface area contributed by atoms with E-state index in [1.54, 1.807) is 0 Å². The largest absolute Gasteiger partial charge is 0.481 e. The molecule has 31 heavy (non-hydrogen) atoms. The second-order valence-corrected chi connectivity index (χ2v) is 8.75. The van der Waals surface area contributed by atoms with Gasteiger partial charge in [0.2, 0.25) is 0 Å². The van der Waals surface area contributed by atoms with Gasteiger partial charge in [0.05, 0.1) is 5.92 Å². The molecule has 0 heterocycles. The fourth-order valence-electron chi connectivity index (χ4n) is 5.40. The first-order chi connectivity index (χ1) is 15.1. The Morgan fingerprint density at radius 3 is 2.13 bits per heavy atom. The number of hydrogen-bond donors (Lipinski definition) is 2. The summed E-state index contributed by atoms with van der Waals surface area (Å²) in [4.78, 5) is 24.6. The number of carbonyl (C=O) groups is 2. The van der Waals surface area contributed by atoms with Crippen LogP contribution in [-0.2, 0) is 9.53 Å². The van der Waals surface area contributed by atoms with Gasteiger partial charge in [-0.25, -0.2) is 4.79 Å². The number of nitrogens with one attached hydrogen (secondary N) is 1. The highest BCUT2D eigenvalue weighted by Crippen LogP contribution is 2.44. The fraction of sp³-hybridized carbons (Fsp3) is 0.462. The van der Waals surface area contributed by atoms with Crippen molar-refractivity contribution < 1.29 is 19.4 Å². The van der Waals surface area contributed by atoms with Crippen LogP contribution in [0.4, 0.5) is 4.79 Å². The standard InChI is InChI=1S/C26H31NO4/c1-2-18(25(28)29)24(17-10-4-3-5-11-17)27-26(30)31-16-23-21-14-8-6-12-19(21)20-13-7-9-15-22(20)23/h6-9,12-15,17-18,23-24H,2-5,10-11,16H2,1H3,(H,27,30)(H,28,29). The SMILES string of the molecule is CCC(C(=O)O)C(NC(=O)OCC1c2ccccc2-c2ccccc21)C1CCCCC1. The van der Waals surface area contributed by atoms with Crippen LogP contribution in [0.15, 0.2) is 48.5 Å². The predicted octanol–water partition coefficient (Wildman–Crippen LogP) is 5.58. The van der Waals surface area contributed by atoms with E-state index >= 15 is 0 Å². The van der Waals surface area contributed by atoms with Gasteiger partial charge in [-0.15, -0.1) is 0 Å². The molecule has 164 valence electrons. The van der Waals surface area contributed by atoms with Crippen molar-refractivity contribution in [3.63, 3.8) is 0 Å². The van der Waals surface area contributed by atoms with Crippen molar-refractivity contribution in [2.75, 3.05) is 6.61 Å². The molecule has 2 atom stereocenters. The number of alkyl carbamates (subject to hydrolysis) is 1. The predicted molar refractivity (Wildman–Crippen MR) is 120 cm³/mol. The van der Waals surface area contributed by atoms with Crippen molar-refractivity contribution in [2.24, 2.45) is 11.8 Å². The highest BCUT2D eigenvalue weighted by molar-refractivity contribution is 5.79. The minimum absolute atomic E-state index is 0.00673. The summed E-state index contributed by atoms with van der Waals surface area (Å²) in [5.74, 6) is -1.26. The molecule has 2 aliphatic carbocycles. The number of carboxylic acid groups (broad SMARTS) is 1. The molecule has 2 aromatic rings. The molecule has 0 radical (unpaired) electrons. The average molecular weight is 422 g/mol. The number of benzene rings is 2. The molecule has 0 saturated heterocycles. The maximum absolute atomic E-state index is 12.8. The van der Waals surface area contributed by atoms with Crippen LogP contribution in [0.2, 0.25) is 0 Å². The molecule has 2 unspecified atom stereocenters. The van der Waals surface area contributed by atoms with E-state index in [0.717, 1.165) is 36.8 Å². The van der Waals surface area contributed by atoms with Gasteiger partial charge in [0.15, 0.2) is 0 Å². The minimum atomic E-state index is -0.850. The Kier molecular flexibility index (Phi) is 6.59. The number of hydrogen-bond acceptors (Lipinski definition) is 3. The number of rotatable bonds is 7. The van der Waals surface area contributed by atoms with Gasteiger partial charge >= 0.3 is 12.1 Å². The number of ether oxygens (including phenoxy) is 1. The zero-order chi connectivity index (χ0) is 21.8. The summed E-state index contributed by atoms with van der Waals surface area (Å²) in [7, 11) is 0. The maximum Gasteiger partial charge on any atom is 0.407 e. The van der Waals surface area contributed by atoms with E-state index in [1.165, 1.54) is 17.5 Å². The number of aliphatic carboxylic acids is 1. The summed E-state index contributed by atoms with van der Waals surface area (Å²) in [6, 6.07) is 16.1. The second-order valence-electron chi connectivity index (χ2n) is 8.75. The quantitative estimate of drug-likeness (QED) is 0.611. The molecule has 4 rings (SSSR count). The third kappa shape index (κ3) is 4.46. The Morgan fingerprint density at radius 2 is 1.58 bits per heavy atom. The Balaban J connectivity index is 1.47. The summed E-state index contributed by atoms with van der Waals surface area (Å²) in [5.41, 5.74) is 4.70. The Morgan fingerprint density at radius 1 is 1.00 bits per heavy atom. The summed E-state index contributed by atoms with van der Waals surface area (Å²) in [5, 5.41) is 12.7. The molecule has 2 aromatic carbocycles. The van der Waals surface area contributed by atoms with Gasteiger partial charge in [-0.2, -0.15) is 0 Å². The highest BCUT2D eigenvalue weighted by Gasteiger charge is 2.36. The van der Waals surface area contributed by atoms with E-state index in [1.807, 2.05) is 31.2 Å². The molecule has 2 aliphatic rings. The van der Waals surface area contributed by atoms with Crippen LogP contribution < -0.4 is 5.32 Å². The van der Waals surface area contributed by atoms with Crippen molar-refractivity contribution in [2.45, 2.75) is 57.4 Å². The zero-order valence-electron chi connectivity index (χ0n) is 18.0. The molecule has 0 aromatic heterocycles.